The standard InChI is InChI=1S/C12H15Br2N/c13-9-12(5-7-15-8-6-12)10-1-3-11(14)4-2-10/h1-4,15H,5-9H2. The minimum atomic E-state index is 0.339. The number of hydrogen-bond donors (Lipinski definition) is 1. The van der Waals surface area contributed by atoms with Crippen LogP contribution in [0.25, 0.3) is 0 Å². The van der Waals surface area contributed by atoms with E-state index in [0.29, 0.717) is 5.41 Å². The monoisotopic (exact) mass is 331 g/mol. The second-order valence-corrected chi connectivity index (χ2v) is 5.65. The van der Waals surface area contributed by atoms with E-state index in [1.54, 1.807) is 0 Å². The van der Waals surface area contributed by atoms with Crippen molar-refractivity contribution in [2.75, 3.05) is 18.4 Å². The van der Waals surface area contributed by atoms with Crippen molar-refractivity contribution in [2.24, 2.45) is 0 Å². The first-order valence-electron chi connectivity index (χ1n) is 5.30. The average molecular weight is 333 g/mol. The fourth-order valence-electron chi connectivity index (χ4n) is 2.21. The van der Waals surface area contributed by atoms with Gasteiger partial charge in [-0.3, -0.25) is 0 Å². The Hall–Kier alpha value is 0.140. The second-order valence-electron chi connectivity index (χ2n) is 4.17. The summed E-state index contributed by atoms with van der Waals surface area (Å²) in [5.74, 6) is 0. The second kappa shape index (κ2) is 4.98. The molecule has 1 aliphatic rings. The number of piperidine rings is 1. The van der Waals surface area contributed by atoms with Crippen molar-refractivity contribution >= 4 is 31.9 Å². The van der Waals surface area contributed by atoms with E-state index in [-0.39, 0.29) is 0 Å². The Morgan fingerprint density at radius 2 is 1.73 bits per heavy atom. The molecule has 0 bridgehead atoms. The SMILES string of the molecule is BrCC1(c2ccc(Br)cc2)CCNCC1. The molecule has 2 rings (SSSR count). The molecule has 1 aromatic carbocycles. The Morgan fingerprint density at radius 3 is 2.27 bits per heavy atom. The highest BCUT2D eigenvalue weighted by atomic mass is 79.9. The molecule has 0 spiro atoms. The zero-order chi connectivity index (χ0) is 10.7. The molecule has 1 aliphatic heterocycles. The summed E-state index contributed by atoms with van der Waals surface area (Å²) < 4.78 is 1.16. The molecule has 82 valence electrons. The highest BCUT2D eigenvalue weighted by Crippen LogP contribution is 2.35. The van der Waals surface area contributed by atoms with Crippen molar-refractivity contribution < 1.29 is 0 Å². The van der Waals surface area contributed by atoms with Gasteiger partial charge in [0.05, 0.1) is 0 Å². The third-order valence-electron chi connectivity index (χ3n) is 3.27. The van der Waals surface area contributed by atoms with Crippen LogP contribution in [0.4, 0.5) is 0 Å². The van der Waals surface area contributed by atoms with E-state index >= 15 is 0 Å². The molecule has 0 saturated carbocycles. The molecular weight excluding hydrogens is 318 g/mol. The summed E-state index contributed by atoms with van der Waals surface area (Å²) in [4.78, 5) is 0. The first kappa shape index (κ1) is 11.6. The molecule has 1 fully saturated rings. The molecule has 0 aromatic heterocycles. The van der Waals surface area contributed by atoms with E-state index in [4.69, 9.17) is 0 Å². The van der Waals surface area contributed by atoms with Gasteiger partial charge >= 0.3 is 0 Å². The number of nitrogens with one attached hydrogen (secondary N) is 1. The Kier molecular flexibility index (Phi) is 3.86. The third kappa shape index (κ3) is 2.45. The highest BCUT2D eigenvalue weighted by molar-refractivity contribution is 9.10. The summed E-state index contributed by atoms with van der Waals surface area (Å²) in [7, 11) is 0. The lowest BCUT2D eigenvalue weighted by Crippen LogP contribution is -2.41. The van der Waals surface area contributed by atoms with Crippen LogP contribution >= 0.6 is 31.9 Å². The fraction of sp³-hybridized carbons (Fsp3) is 0.500. The van der Waals surface area contributed by atoms with Crippen molar-refractivity contribution in [1.29, 1.82) is 0 Å². The van der Waals surface area contributed by atoms with Gasteiger partial charge in [0.2, 0.25) is 0 Å². The Bertz CT molecular complexity index is 315. The van der Waals surface area contributed by atoms with Gasteiger partial charge in [-0.1, -0.05) is 44.0 Å². The van der Waals surface area contributed by atoms with E-state index in [0.717, 1.165) is 22.9 Å². The molecule has 0 amide bonds. The molecular formula is C12H15Br2N. The largest absolute Gasteiger partial charge is 0.317 e. The number of rotatable bonds is 2. The molecule has 1 heterocycles. The van der Waals surface area contributed by atoms with E-state index in [1.165, 1.54) is 18.4 Å². The van der Waals surface area contributed by atoms with Gasteiger partial charge in [0.15, 0.2) is 0 Å². The van der Waals surface area contributed by atoms with Gasteiger partial charge in [0.25, 0.3) is 0 Å². The summed E-state index contributed by atoms with van der Waals surface area (Å²) in [6, 6.07) is 8.77. The minimum Gasteiger partial charge on any atom is -0.317 e. The molecule has 1 nitrogen and oxygen atoms in total. The molecule has 0 atom stereocenters. The van der Waals surface area contributed by atoms with E-state index in [2.05, 4.69) is 61.4 Å². The van der Waals surface area contributed by atoms with Crippen LogP contribution < -0.4 is 5.32 Å². The molecule has 1 N–H and O–H groups in total. The summed E-state index contributed by atoms with van der Waals surface area (Å²) in [6.45, 7) is 2.25. The van der Waals surface area contributed by atoms with Gasteiger partial charge in [-0.25, -0.2) is 0 Å². The van der Waals surface area contributed by atoms with Gasteiger partial charge < -0.3 is 5.32 Å². The maximum atomic E-state index is 3.68. The summed E-state index contributed by atoms with van der Waals surface area (Å²) in [6.07, 6.45) is 2.44. The average Bonchev–Trinajstić information content (AvgIpc) is 2.31. The Balaban J connectivity index is 2.28. The smallest absolute Gasteiger partial charge is 0.0175 e. The van der Waals surface area contributed by atoms with Crippen LogP contribution in [-0.4, -0.2) is 18.4 Å². The molecule has 0 radical (unpaired) electrons. The molecule has 0 aliphatic carbocycles. The lowest BCUT2D eigenvalue weighted by Gasteiger charge is -2.36. The van der Waals surface area contributed by atoms with Crippen molar-refractivity contribution in [3.63, 3.8) is 0 Å². The zero-order valence-electron chi connectivity index (χ0n) is 8.60. The molecule has 3 heteroatoms. The van der Waals surface area contributed by atoms with Gasteiger partial charge in [-0.05, 0) is 43.6 Å². The third-order valence-corrected chi connectivity index (χ3v) is 4.88. The topological polar surface area (TPSA) is 12.0 Å². The summed E-state index contributed by atoms with van der Waals surface area (Å²) in [5, 5.41) is 4.48. The van der Waals surface area contributed by atoms with E-state index in [1.807, 2.05) is 0 Å². The molecule has 1 saturated heterocycles. The maximum absolute atomic E-state index is 3.68. The van der Waals surface area contributed by atoms with Gasteiger partial charge in [-0.2, -0.15) is 0 Å². The lowest BCUT2D eigenvalue weighted by molar-refractivity contribution is 0.343. The highest BCUT2D eigenvalue weighted by Gasteiger charge is 2.32. The Labute approximate surface area is 108 Å². The normalized spacial score (nSPS) is 20.1. The quantitative estimate of drug-likeness (QED) is 0.818. The fourth-order valence-corrected chi connectivity index (χ4v) is 3.36. The van der Waals surface area contributed by atoms with Crippen LogP contribution in [-0.2, 0) is 5.41 Å². The first-order chi connectivity index (χ1) is 7.27. The van der Waals surface area contributed by atoms with Crippen LogP contribution in [0.3, 0.4) is 0 Å². The van der Waals surface area contributed by atoms with Crippen LogP contribution in [0.5, 0.6) is 0 Å². The lowest BCUT2D eigenvalue weighted by atomic mass is 9.75. The van der Waals surface area contributed by atoms with Gasteiger partial charge in [0, 0.05) is 15.2 Å². The van der Waals surface area contributed by atoms with Crippen LogP contribution in [0, 0.1) is 0 Å². The zero-order valence-corrected chi connectivity index (χ0v) is 11.8. The van der Waals surface area contributed by atoms with Crippen molar-refractivity contribution in [3.05, 3.63) is 34.3 Å². The minimum absolute atomic E-state index is 0.339. The van der Waals surface area contributed by atoms with Gasteiger partial charge in [0.1, 0.15) is 0 Å². The molecule has 0 unspecified atom stereocenters. The van der Waals surface area contributed by atoms with Crippen molar-refractivity contribution in [2.45, 2.75) is 18.3 Å². The number of benzene rings is 1. The summed E-state index contributed by atoms with van der Waals surface area (Å²) >= 11 is 7.17. The van der Waals surface area contributed by atoms with Crippen LogP contribution in [0.15, 0.2) is 28.7 Å². The van der Waals surface area contributed by atoms with E-state index in [9.17, 15) is 0 Å². The van der Waals surface area contributed by atoms with Crippen LogP contribution in [0.1, 0.15) is 18.4 Å². The predicted molar refractivity (Wildman–Crippen MR) is 71.7 cm³/mol. The van der Waals surface area contributed by atoms with Crippen molar-refractivity contribution in [3.8, 4) is 0 Å². The number of halogens is 2. The maximum Gasteiger partial charge on any atom is 0.0175 e. The molecule has 1 aromatic rings. The predicted octanol–water partition coefficient (Wildman–Crippen LogP) is 3.47. The Morgan fingerprint density at radius 1 is 1.13 bits per heavy atom. The van der Waals surface area contributed by atoms with Crippen LogP contribution in [0.2, 0.25) is 0 Å². The number of hydrogen-bond acceptors (Lipinski definition) is 1. The van der Waals surface area contributed by atoms with Crippen molar-refractivity contribution in [1.82, 2.24) is 5.32 Å². The molecule has 15 heavy (non-hydrogen) atoms. The van der Waals surface area contributed by atoms with Gasteiger partial charge in [-0.15, -0.1) is 0 Å². The summed E-state index contributed by atoms with van der Waals surface area (Å²) in [5.41, 5.74) is 1.80. The first-order valence-corrected chi connectivity index (χ1v) is 7.21. The van der Waals surface area contributed by atoms with E-state index < -0.39 is 0 Å². The number of alkyl halides is 1.